The molecule has 0 atom stereocenters. The fourth-order valence-electron chi connectivity index (χ4n) is 0.230. The summed E-state index contributed by atoms with van der Waals surface area (Å²) in [5.41, 5.74) is 0. The van der Waals surface area contributed by atoms with Crippen LogP contribution in [0, 0.1) is 0 Å². The lowest BCUT2D eigenvalue weighted by Crippen LogP contribution is -2.26. The summed E-state index contributed by atoms with van der Waals surface area (Å²) in [7, 11) is -1.68. The van der Waals surface area contributed by atoms with Crippen LogP contribution in [-0.4, -0.2) is 14.3 Å². The van der Waals surface area contributed by atoms with Crippen LogP contribution < -0.4 is 0 Å². The highest BCUT2D eigenvalue weighted by atomic mass is 28.4. The zero-order valence-corrected chi connectivity index (χ0v) is 7.93. The summed E-state index contributed by atoms with van der Waals surface area (Å²) >= 11 is 0. The van der Waals surface area contributed by atoms with Gasteiger partial charge in [0.2, 0.25) is 8.32 Å². The van der Waals surface area contributed by atoms with E-state index >= 15 is 0 Å². The molecule has 0 aliphatic heterocycles. The van der Waals surface area contributed by atoms with E-state index in [1.165, 1.54) is 0 Å². The van der Waals surface area contributed by atoms with Crippen molar-refractivity contribution in [3.05, 3.63) is 0 Å². The Morgan fingerprint density at radius 2 is 1.90 bits per heavy atom. The molecule has 3 nitrogen and oxygen atoms in total. The van der Waals surface area contributed by atoms with E-state index in [4.69, 9.17) is 4.58 Å². The summed E-state index contributed by atoms with van der Waals surface area (Å²) < 4.78 is 4.87. The Balaban J connectivity index is 3.46. The third-order valence-electron chi connectivity index (χ3n) is 0.673. The summed E-state index contributed by atoms with van der Waals surface area (Å²) in [5, 5.41) is 0. The van der Waals surface area contributed by atoms with E-state index in [1.807, 2.05) is 19.6 Å². The maximum absolute atomic E-state index is 10.5. The first kappa shape index (κ1) is 9.65. The SMILES string of the molecule is CCC(=O)OO[Si](C)(C)C. The molecule has 0 heterocycles. The molecule has 0 aromatic heterocycles. The Bertz CT molecular complexity index is 117. The van der Waals surface area contributed by atoms with Crippen molar-refractivity contribution in [2.75, 3.05) is 0 Å². The molecule has 0 saturated heterocycles. The molecule has 4 heteroatoms. The first-order valence-electron chi connectivity index (χ1n) is 3.34. The smallest absolute Gasteiger partial charge is 0.310 e. The van der Waals surface area contributed by atoms with Gasteiger partial charge in [-0.2, -0.15) is 0 Å². The second-order valence-electron chi connectivity index (χ2n) is 3.00. The highest BCUT2D eigenvalue weighted by molar-refractivity contribution is 6.69. The second kappa shape index (κ2) is 3.73. The van der Waals surface area contributed by atoms with Crippen LogP contribution >= 0.6 is 0 Å². The number of hydrogen-bond acceptors (Lipinski definition) is 3. The molecular weight excluding hydrogens is 148 g/mol. The summed E-state index contributed by atoms with van der Waals surface area (Å²) in [5.74, 6) is -0.303. The van der Waals surface area contributed by atoms with Gasteiger partial charge in [0.25, 0.3) is 0 Å². The molecule has 0 amide bonds. The molecule has 0 rings (SSSR count). The van der Waals surface area contributed by atoms with Crippen molar-refractivity contribution in [1.29, 1.82) is 0 Å². The van der Waals surface area contributed by atoms with Crippen LogP contribution in [0.3, 0.4) is 0 Å². The Morgan fingerprint density at radius 1 is 1.40 bits per heavy atom. The molecule has 0 aromatic rings. The summed E-state index contributed by atoms with van der Waals surface area (Å²) in [6.45, 7) is 7.59. The van der Waals surface area contributed by atoms with Crippen molar-refractivity contribution < 1.29 is 14.3 Å². The lowest BCUT2D eigenvalue weighted by molar-refractivity contribution is -0.219. The van der Waals surface area contributed by atoms with E-state index in [9.17, 15) is 4.79 Å². The predicted molar refractivity (Wildman–Crippen MR) is 40.8 cm³/mol. The molecule has 0 bridgehead atoms. The molecule has 60 valence electrons. The van der Waals surface area contributed by atoms with Crippen LogP contribution in [0.25, 0.3) is 0 Å². The Kier molecular flexibility index (Phi) is 3.60. The number of carbonyl (C=O) groups excluding carboxylic acids is 1. The van der Waals surface area contributed by atoms with Crippen molar-refractivity contribution in [1.82, 2.24) is 0 Å². The van der Waals surface area contributed by atoms with Crippen molar-refractivity contribution in [3.63, 3.8) is 0 Å². The molecule has 10 heavy (non-hydrogen) atoms. The molecule has 0 aliphatic carbocycles. The molecule has 0 aromatic carbocycles. The van der Waals surface area contributed by atoms with Gasteiger partial charge in [-0.3, -0.25) is 0 Å². The van der Waals surface area contributed by atoms with E-state index in [0.717, 1.165) is 0 Å². The number of hydrogen-bond donors (Lipinski definition) is 0. The van der Waals surface area contributed by atoms with Crippen LogP contribution in [-0.2, 0) is 14.3 Å². The molecule has 0 saturated carbocycles. The van der Waals surface area contributed by atoms with Crippen molar-refractivity contribution in [2.24, 2.45) is 0 Å². The van der Waals surface area contributed by atoms with Crippen molar-refractivity contribution in [3.8, 4) is 0 Å². The van der Waals surface area contributed by atoms with Crippen LogP contribution in [0.2, 0.25) is 19.6 Å². The molecule has 0 unspecified atom stereocenters. The first-order valence-corrected chi connectivity index (χ1v) is 6.75. The quantitative estimate of drug-likeness (QED) is 0.360. The normalized spacial score (nSPS) is 11.2. The largest absolute Gasteiger partial charge is 0.340 e. The van der Waals surface area contributed by atoms with E-state index in [2.05, 4.69) is 4.89 Å². The summed E-state index contributed by atoms with van der Waals surface area (Å²) in [6.07, 6.45) is 0.366. The van der Waals surface area contributed by atoms with Crippen LogP contribution in [0.5, 0.6) is 0 Å². The minimum absolute atomic E-state index is 0.303. The van der Waals surface area contributed by atoms with Crippen LogP contribution in [0.1, 0.15) is 13.3 Å². The first-order chi connectivity index (χ1) is 4.45. The van der Waals surface area contributed by atoms with Gasteiger partial charge in [0.05, 0.1) is 0 Å². The average molecular weight is 162 g/mol. The second-order valence-corrected chi connectivity index (χ2v) is 7.40. The van der Waals surface area contributed by atoms with E-state index in [0.29, 0.717) is 6.42 Å². The fourth-order valence-corrected chi connectivity index (χ4v) is 0.573. The zero-order valence-electron chi connectivity index (χ0n) is 6.93. The number of carbonyl (C=O) groups is 1. The minimum atomic E-state index is -1.68. The van der Waals surface area contributed by atoms with Gasteiger partial charge in [0.15, 0.2) is 0 Å². The number of rotatable bonds is 3. The van der Waals surface area contributed by atoms with Gasteiger partial charge < -0.3 is 4.89 Å². The maximum Gasteiger partial charge on any atom is 0.340 e. The van der Waals surface area contributed by atoms with Gasteiger partial charge in [-0.05, 0) is 19.6 Å². The summed E-state index contributed by atoms with van der Waals surface area (Å²) in [4.78, 5) is 15.0. The van der Waals surface area contributed by atoms with Gasteiger partial charge in [0.1, 0.15) is 0 Å². The van der Waals surface area contributed by atoms with E-state index in [1.54, 1.807) is 6.92 Å². The van der Waals surface area contributed by atoms with Crippen LogP contribution in [0.4, 0.5) is 0 Å². The highest BCUT2D eigenvalue weighted by Crippen LogP contribution is 2.03. The Morgan fingerprint density at radius 3 is 2.20 bits per heavy atom. The standard InChI is InChI=1S/C6H14O3Si/c1-5-6(7)8-9-10(2,3)4/h5H2,1-4H3. The Hall–Kier alpha value is -0.353. The lowest BCUT2D eigenvalue weighted by atomic mass is 10.5. The summed E-state index contributed by atoms with van der Waals surface area (Å²) in [6, 6.07) is 0. The molecule has 0 fully saturated rings. The van der Waals surface area contributed by atoms with Gasteiger partial charge in [-0.15, -0.1) is 0 Å². The third-order valence-corrected chi connectivity index (χ3v) is 1.26. The van der Waals surface area contributed by atoms with Crippen molar-refractivity contribution in [2.45, 2.75) is 33.0 Å². The predicted octanol–water partition coefficient (Wildman–Crippen LogP) is 1.71. The molecule has 0 spiro atoms. The minimum Gasteiger partial charge on any atom is -0.310 e. The Labute approximate surface area is 62.4 Å². The molecule has 0 aliphatic rings. The maximum atomic E-state index is 10.5. The van der Waals surface area contributed by atoms with Gasteiger partial charge in [0, 0.05) is 6.42 Å². The van der Waals surface area contributed by atoms with Gasteiger partial charge >= 0.3 is 5.97 Å². The van der Waals surface area contributed by atoms with E-state index < -0.39 is 8.32 Å². The zero-order chi connectivity index (χ0) is 8.20. The fraction of sp³-hybridized carbons (Fsp3) is 0.833. The third kappa shape index (κ3) is 5.78. The molecule has 0 N–H and O–H groups in total. The van der Waals surface area contributed by atoms with Crippen molar-refractivity contribution >= 4 is 14.3 Å². The average Bonchev–Trinajstić information content (AvgIpc) is 1.81. The highest BCUT2D eigenvalue weighted by Gasteiger charge is 2.18. The topological polar surface area (TPSA) is 35.5 Å². The molecular formula is C6H14O3Si. The van der Waals surface area contributed by atoms with Gasteiger partial charge in [-0.25, -0.2) is 9.37 Å². The van der Waals surface area contributed by atoms with Gasteiger partial charge in [-0.1, -0.05) is 6.92 Å². The monoisotopic (exact) mass is 162 g/mol. The lowest BCUT2D eigenvalue weighted by Gasteiger charge is -2.13. The van der Waals surface area contributed by atoms with E-state index in [-0.39, 0.29) is 5.97 Å². The van der Waals surface area contributed by atoms with Crippen LogP contribution in [0.15, 0.2) is 0 Å². The molecule has 0 radical (unpaired) electrons.